The summed E-state index contributed by atoms with van der Waals surface area (Å²) >= 11 is 0. The van der Waals surface area contributed by atoms with Crippen LogP contribution in [0.2, 0.25) is 0 Å². The van der Waals surface area contributed by atoms with Gasteiger partial charge in [0.05, 0.1) is 0 Å². The first-order chi connectivity index (χ1) is 7.34. The van der Waals surface area contributed by atoms with Crippen molar-refractivity contribution >= 4 is 0 Å². The molecule has 15 heavy (non-hydrogen) atoms. The highest BCUT2D eigenvalue weighted by atomic mass is 15.2. The molecule has 2 rings (SSSR count). The zero-order valence-electron chi connectivity index (χ0n) is 10.0. The van der Waals surface area contributed by atoms with E-state index in [0.29, 0.717) is 0 Å². The van der Waals surface area contributed by atoms with Crippen molar-refractivity contribution < 1.29 is 0 Å². The van der Waals surface area contributed by atoms with E-state index in [1.165, 1.54) is 65.1 Å². The molecule has 2 aliphatic heterocycles. The number of nitrogens with zero attached hydrogens (tertiary/aromatic N) is 2. The summed E-state index contributed by atoms with van der Waals surface area (Å²) in [7, 11) is 2.22. The van der Waals surface area contributed by atoms with E-state index >= 15 is 0 Å². The number of hydrogen-bond acceptors (Lipinski definition) is 3. The number of rotatable bonds is 4. The van der Waals surface area contributed by atoms with Crippen molar-refractivity contribution in [2.75, 3.05) is 52.9 Å². The zero-order valence-corrected chi connectivity index (χ0v) is 10.0. The molecule has 2 heterocycles. The lowest BCUT2D eigenvalue weighted by atomic mass is 10.0. The predicted molar refractivity (Wildman–Crippen MR) is 64.1 cm³/mol. The first-order valence-electron chi connectivity index (χ1n) is 6.46. The number of hydrogen-bond donors (Lipinski definition) is 1. The van der Waals surface area contributed by atoms with Crippen molar-refractivity contribution in [2.45, 2.75) is 19.3 Å². The normalized spacial score (nSPS) is 29.8. The summed E-state index contributed by atoms with van der Waals surface area (Å²) in [6.45, 7) is 8.90. The molecule has 1 unspecified atom stereocenters. The molecular formula is C12H25N3. The smallest absolute Gasteiger partial charge is 0.0110 e. The van der Waals surface area contributed by atoms with Gasteiger partial charge >= 0.3 is 0 Å². The van der Waals surface area contributed by atoms with Gasteiger partial charge in [-0.15, -0.1) is 0 Å². The summed E-state index contributed by atoms with van der Waals surface area (Å²) in [5.74, 6) is 0.970. The number of piperazine rings is 1. The Bertz CT molecular complexity index is 170. The van der Waals surface area contributed by atoms with Gasteiger partial charge in [-0.25, -0.2) is 0 Å². The van der Waals surface area contributed by atoms with Crippen molar-refractivity contribution in [3.63, 3.8) is 0 Å². The lowest BCUT2D eigenvalue weighted by molar-refractivity contribution is 0.150. The van der Waals surface area contributed by atoms with Gasteiger partial charge in [0, 0.05) is 26.2 Å². The summed E-state index contributed by atoms with van der Waals surface area (Å²) in [5.41, 5.74) is 0. The molecule has 88 valence electrons. The predicted octanol–water partition coefficient (Wildman–Crippen LogP) is 0.623. The summed E-state index contributed by atoms with van der Waals surface area (Å²) in [6, 6.07) is 0. The van der Waals surface area contributed by atoms with Crippen LogP contribution >= 0.6 is 0 Å². The van der Waals surface area contributed by atoms with Crippen LogP contribution in [0.25, 0.3) is 0 Å². The molecule has 0 radical (unpaired) electrons. The Morgan fingerprint density at radius 1 is 1.20 bits per heavy atom. The van der Waals surface area contributed by atoms with E-state index in [0.717, 1.165) is 5.92 Å². The van der Waals surface area contributed by atoms with Gasteiger partial charge in [-0.1, -0.05) is 0 Å². The molecule has 0 aliphatic carbocycles. The fourth-order valence-electron chi connectivity index (χ4n) is 2.64. The van der Waals surface area contributed by atoms with Crippen LogP contribution in [0.1, 0.15) is 19.3 Å². The summed E-state index contributed by atoms with van der Waals surface area (Å²) < 4.78 is 0. The van der Waals surface area contributed by atoms with E-state index in [-0.39, 0.29) is 0 Å². The first kappa shape index (κ1) is 11.4. The quantitative estimate of drug-likeness (QED) is 0.735. The van der Waals surface area contributed by atoms with E-state index in [2.05, 4.69) is 22.2 Å². The second-order valence-corrected chi connectivity index (χ2v) is 5.15. The minimum Gasteiger partial charge on any atom is -0.316 e. The van der Waals surface area contributed by atoms with E-state index in [4.69, 9.17) is 0 Å². The van der Waals surface area contributed by atoms with Crippen LogP contribution in [0, 0.1) is 5.92 Å². The highest BCUT2D eigenvalue weighted by molar-refractivity contribution is 4.73. The average Bonchev–Trinajstić information content (AvgIpc) is 2.74. The van der Waals surface area contributed by atoms with Crippen molar-refractivity contribution in [3.05, 3.63) is 0 Å². The third kappa shape index (κ3) is 3.74. The Kier molecular flexibility index (Phi) is 4.42. The summed E-state index contributed by atoms with van der Waals surface area (Å²) in [4.78, 5) is 5.06. The largest absolute Gasteiger partial charge is 0.316 e. The third-order valence-corrected chi connectivity index (χ3v) is 3.84. The van der Waals surface area contributed by atoms with Gasteiger partial charge in [-0.2, -0.15) is 0 Å². The Labute approximate surface area is 93.8 Å². The van der Waals surface area contributed by atoms with Gasteiger partial charge < -0.3 is 15.1 Å². The van der Waals surface area contributed by atoms with Crippen molar-refractivity contribution in [1.29, 1.82) is 0 Å². The van der Waals surface area contributed by atoms with Crippen LogP contribution in [0.5, 0.6) is 0 Å². The topological polar surface area (TPSA) is 18.5 Å². The molecule has 0 spiro atoms. The van der Waals surface area contributed by atoms with Gasteiger partial charge in [-0.05, 0) is 51.9 Å². The number of likely N-dealkylation sites (N-methyl/N-ethyl adjacent to an activating group) is 1. The molecule has 2 aliphatic rings. The Hall–Kier alpha value is -0.120. The maximum atomic E-state index is 3.45. The van der Waals surface area contributed by atoms with E-state index < -0.39 is 0 Å². The van der Waals surface area contributed by atoms with E-state index in [9.17, 15) is 0 Å². The van der Waals surface area contributed by atoms with Gasteiger partial charge in [0.1, 0.15) is 0 Å². The molecule has 0 aromatic carbocycles. The van der Waals surface area contributed by atoms with Gasteiger partial charge in [0.2, 0.25) is 0 Å². The lowest BCUT2D eigenvalue weighted by Crippen LogP contribution is -2.44. The van der Waals surface area contributed by atoms with E-state index in [1.807, 2.05) is 0 Å². The summed E-state index contributed by atoms with van der Waals surface area (Å²) in [6.07, 6.45) is 4.23. The van der Waals surface area contributed by atoms with Crippen LogP contribution < -0.4 is 5.32 Å². The molecule has 0 amide bonds. The van der Waals surface area contributed by atoms with E-state index in [1.54, 1.807) is 0 Å². The first-order valence-corrected chi connectivity index (χ1v) is 6.46. The van der Waals surface area contributed by atoms with Gasteiger partial charge in [0.15, 0.2) is 0 Å². The zero-order chi connectivity index (χ0) is 10.5. The van der Waals surface area contributed by atoms with Crippen molar-refractivity contribution in [1.82, 2.24) is 15.1 Å². The highest BCUT2D eigenvalue weighted by Crippen LogP contribution is 2.14. The Morgan fingerprint density at radius 3 is 2.67 bits per heavy atom. The summed E-state index contributed by atoms with van der Waals surface area (Å²) in [5, 5.41) is 3.45. The van der Waals surface area contributed by atoms with Crippen molar-refractivity contribution in [2.24, 2.45) is 5.92 Å². The highest BCUT2D eigenvalue weighted by Gasteiger charge is 2.16. The minimum absolute atomic E-state index is 0.970. The molecular weight excluding hydrogens is 186 g/mol. The third-order valence-electron chi connectivity index (χ3n) is 3.84. The molecule has 1 N–H and O–H groups in total. The average molecular weight is 211 g/mol. The second kappa shape index (κ2) is 5.83. The lowest BCUT2D eigenvalue weighted by Gasteiger charge is -2.32. The monoisotopic (exact) mass is 211 g/mol. The molecule has 0 aromatic rings. The van der Waals surface area contributed by atoms with Gasteiger partial charge in [-0.3, -0.25) is 0 Å². The SMILES string of the molecule is CN1CCN(CCCC2CCNC2)CC1. The molecule has 0 saturated carbocycles. The van der Waals surface area contributed by atoms with Crippen LogP contribution in [0.4, 0.5) is 0 Å². The maximum Gasteiger partial charge on any atom is 0.0110 e. The molecule has 2 fully saturated rings. The fourth-order valence-corrected chi connectivity index (χ4v) is 2.64. The standard InChI is InChI=1S/C12H25N3/c1-14-7-9-15(10-8-14)6-2-3-12-4-5-13-11-12/h12-13H,2-11H2,1H3. The van der Waals surface area contributed by atoms with Crippen LogP contribution in [-0.2, 0) is 0 Å². The maximum absolute atomic E-state index is 3.45. The molecule has 0 bridgehead atoms. The van der Waals surface area contributed by atoms with Crippen LogP contribution in [0.15, 0.2) is 0 Å². The van der Waals surface area contributed by atoms with Gasteiger partial charge in [0.25, 0.3) is 0 Å². The molecule has 0 aromatic heterocycles. The minimum atomic E-state index is 0.970. The van der Waals surface area contributed by atoms with Crippen molar-refractivity contribution in [3.8, 4) is 0 Å². The molecule has 3 heteroatoms. The molecule has 2 saturated heterocycles. The molecule has 1 atom stereocenters. The molecule has 3 nitrogen and oxygen atoms in total. The Balaban J connectivity index is 1.53. The van der Waals surface area contributed by atoms with Crippen LogP contribution in [0.3, 0.4) is 0 Å². The fraction of sp³-hybridized carbons (Fsp3) is 1.00. The number of nitrogens with one attached hydrogen (secondary N) is 1. The Morgan fingerprint density at radius 2 is 2.00 bits per heavy atom. The second-order valence-electron chi connectivity index (χ2n) is 5.15. The van der Waals surface area contributed by atoms with Crippen LogP contribution in [-0.4, -0.2) is 62.7 Å².